The van der Waals surface area contributed by atoms with Gasteiger partial charge in [0.05, 0.1) is 33.8 Å². The molecule has 0 aromatic carbocycles. The van der Waals surface area contributed by atoms with Crippen LogP contribution in [0.1, 0.15) is 284 Å². The minimum absolute atomic E-state index is 0.0310. The van der Waals surface area contributed by atoms with Crippen molar-refractivity contribution in [2.45, 2.75) is 296 Å². The Labute approximate surface area is 506 Å². The molecule has 0 aromatic rings. The fraction of sp³-hybridized carbons (Fsp3) is 0.722. The quantitative estimate of drug-likeness (QED) is 0.0212. The Morgan fingerprint density at radius 1 is 0.439 bits per heavy atom. The van der Waals surface area contributed by atoms with E-state index in [2.05, 4.69) is 123 Å². The summed E-state index contributed by atoms with van der Waals surface area (Å²) in [5, 5.41) is 3.03. The fourth-order valence-corrected chi connectivity index (χ4v) is 9.98. The number of hydrogen-bond acceptors (Lipinski definition) is 7. The van der Waals surface area contributed by atoms with Gasteiger partial charge in [-0.2, -0.15) is 0 Å². The highest BCUT2D eigenvalue weighted by Crippen LogP contribution is 2.38. The average molecular weight is 1160 g/mol. The van der Waals surface area contributed by atoms with Crippen molar-refractivity contribution in [1.82, 2.24) is 5.32 Å². The number of phosphoric ester groups is 1. The maximum absolute atomic E-state index is 13.6. The molecule has 0 saturated carbocycles. The second kappa shape index (κ2) is 60.8. The molecule has 0 aliphatic heterocycles. The maximum Gasteiger partial charge on any atom is 0.306 e. The number of carbonyl (C=O) groups is 2. The molecule has 0 heterocycles. The summed E-state index contributed by atoms with van der Waals surface area (Å²) in [6, 6.07) is -0.905. The molecule has 3 unspecified atom stereocenters. The number of likely N-dealkylation sites (N-methyl/N-ethyl adjacent to an activating group) is 1. The molecule has 10 heteroatoms. The van der Waals surface area contributed by atoms with Gasteiger partial charge in [-0.1, -0.05) is 265 Å². The first kappa shape index (κ1) is 78.7. The SMILES string of the molecule is CC/C=C\C/C=C\C/C=C\C/C=C\C/C=C\CCCCCCCCCCCC(=O)OC(/C=C\CCCCCCCCCCCC)C(COP(=O)([O-])OCC[N+](C)(C)C)NC(=O)CCCCCCCC/C=C\C/C=C\C/C=C\CCCCC. The lowest BCUT2D eigenvalue weighted by molar-refractivity contribution is -0.870. The Kier molecular flexibility index (Phi) is 58.3. The molecule has 0 bridgehead atoms. The van der Waals surface area contributed by atoms with Gasteiger partial charge in [0.2, 0.25) is 5.91 Å². The van der Waals surface area contributed by atoms with Crippen molar-refractivity contribution < 1.29 is 37.3 Å². The Hall–Kier alpha value is -3.33. The van der Waals surface area contributed by atoms with Crippen molar-refractivity contribution in [3.8, 4) is 0 Å². The van der Waals surface area contributed by atoms with E-state index in [0.29, 0.717) is 17.4 Å². The van der Waals surface area contributed by atoms with Crippen LogP contribution in [0, 0.1) is 0 Å². The number of ether oxygens (including phenoxy) is 1. The first-order chi connectivity index (χ1) is 39.9. The van der Waals surface area contributed by atoms with Gasteiger partial charge in [-0.15, -0.1) is 0 Å². The Balaban J connectivity index is 5.17. The van der Waals surface area contributed by atoms with E-state index in [1.807, 2.05) is 33.3 Å². The number of carbonyl (C=O) groups excluding carboxylic acids is 2. The predicted molar refractivity (Wildman–Crippen MR) is 353 cm³/mol. The van der Waals surface area contributed by atoms with E-state index in [-0.39, 0.29) is 24.9 Å². The van der Waals surface area contributed by atoms with Crippen LogP contribution in [0.3, 0.4) is 0 Å². The van der Waals surface area contributed by atoms with Crippen LogP contribution in [0.5, 0.6) is 0 Å². The Morgan fingerprint density at radius 2 is 0.780 bits per heavy atom. The molecule has 0 aromatic heterocycles. The van der Waals surface area contributed by atoms with E-state index in [9.17, 15) is 19.0 Å². The first-order valence-electron chi connectivity index (χ1n) is 33.7. The van der Waals surface area contributed by atoms with Gasteiger partial charge in [0.1, 0.15) is 19.3 Å². The van der Waals surface area contributed by atoms with Crippen LogP contribution in [0.15, 0.2) is 109 Å². The minimum Gasteiger partial charge on any atom is -0.756 e. The van der Waals surface area contributed by atoms with E-state index in [1.54, 1.807) is 0 Å². The molecule has 0 rings (SSSR count). The molecule has 1 amide bonds. The molecule has 0 aliphatic rings. The zero-order valence-corrected chi connectivity index (χ0v) is 54.8. The molecule has 9 nitrogen and oxygen atoms in total. The number of esters is 1. The summed E-state index contributed by atoms with van der Waals surface area (Å²) in [5.41, 5.74) is 0. The van der Waals surface area contributed by atoms with Crippen molar-refractivity contribution in [2.24, 2.45) is 0 Å². The van der Waals surface area contributed by atoms with Crippen molar-refractivity contribution >= 4 is 19.7 Å². The van der Waals surface area contributed by atoms with Crippen molar-refractivity contribution in [3.63, 3.8) is 0 Å². The van der Waals surface area contributed by atoms with Gasteiger partial charge in [0, 0.05) is 12.8 Å². The molecule has 1 N–H and O–H groups in total. The number of amides is 1. The van der Waals surface area contributed by atoms with Gasteiger partial charge in [-0.25, -0.2) is 0 Å². The van der Waals surface area contributed by atoms with E-state index < -0.39 is 26.6 Å². The summed E-state index contributed by atoms with van der Waals surface area (Å²) in [6.45, 7) is 6.69. The zero-order chi connectivity index (χ0) is 60.0. The van der Waals surface area contributed by atoms with Crippen molar-refractivity contribution in [1.29, 1.82) is 0 Å². The van der Waals surface area contributed by atoms with Crippen molar-refractivity contribution in [2.75, 3.05) is 40.9 Å². The van der Waals surface area contributed by atoms with E-state index in [4.69, 9.17) is 13.8 Å². The number of rotatable bonds is 60. The first-order valence-corrected chi connectivity index (χ1v) is 35.2. The Morgan fingerprint density at radius 3 is 1.20 bits per heavy atom. The lowest BCUT2D eigenvalue weighted by atomic mass is 10.0. The second-order valence-corrected chi connectivity index (χ2v) is 25.0. The van der Waals surface area contributed by atoms with E-state index in [1.165, 1.54) is 109 Å². The summed E-state index contributed by atoms with van der Waals surface area (Å²) in [6.07, 6.45) is 83.4. The number of quaternary nitrogens is 1. The fourth-order valence-electron chi connectivity index (χ4n) is 9.26. The van der Waals surface area contributed by atoms with Gasteiger partial charge < -0.3 is 28.5 Å². The summed E-state index contributed by atoms with van der Waals surface area (Å²) in [4.78, 5) is 40.1. The molecule has 3 atom stereocenters. The van der Waals surface area contributed by atoms with E-state index >= 15 is 0 Å². The molecular formula is C72H127N2O7P. The lowest BCUT2D eigenvalue weighted by Gasteiger charge is -2.30. The molecule has 0 spiro atoms. The molecule has 0 radical (unpaired) electrons. The molecular weight excluding hydrogens is 1040 g/mol. The number of allylic oxidation sites excluding steroid dienone is 17. The lowest BCUT2D eigenvalue weighted by Crippen LogP contribution is -2.47. The molecule has 0 fully saturated rings. The van der Waals surface area contributed by atoms with Crippen LogP contribution in [-0.2, 0) is 27.9 Å². The summed E-state index contributed by atoms with van der Waals surface area (Å²) in [7, 11) is 1.16. The van der Waals surface area contributed by atoms with E-state index in [0.717, 1.165) is 141 Å². The third kappa shape index (κ3) is 61.2. The highest BCUT2D eigenvalue weighted by atomic mass is 31.2. The smallest absolute Gasteiger partial charge is 0.306 e. The number of unbranched alkanes of at least 4 members (excludes halogenated alkanes) is 28. The van der Waals surface area contributed by atoms with Crippen LogP contribution in [0.25, 0.3) is 0 Å². The molecule has 0 saturated heterocycles. The zero-order valence-electron chi connectivity index (χ0n) is 53.9. The van der Waals surface area contributed by atoms with Crippen LogP contribution >= 0.6 is 7.82 Å². The van der Waals surface area contributed by atoms with Gasteiger partial charge in [0.15, 0.2) is 0 Å². The van der Waals surface area contributed by atoms with Crippen LogP contribution in [0.2, 0.25) is 0 Å². The third-order valence-corrected chi connectivity index (χ3v) is 15.4. The maximum atomic E-state index is 13.6. The molecule has 472 valence electrons. The summed E-state index contributed by atoms with van der Waals surface area (Å²) >= 11 is 0. The normalized spacial score (nSPS) is 14.3. The average Bonchev–Trinajstić information content (AvgIpc) is 3.44. The number of nitrogens with zero attached hydrogens (tertiary/aromatic N) is 1. The number of nitrogens with one attached hydrogen (secondary N) is 1. The molecule has 82 heavy (non-hydrogen) atoms. The Bertz CT molecular complexity index is 1770. The van der Waals surface area contributed by atoms with Crippen LogP contribution in [-0.4, -0.2) is 69.4 Å². The minimum atomic E-state index is -4.71. The summed E-state index contributed by atoms with van der Waals surface area (Å²) in [5.74, 6) is -0.564. The van der Waals surface area contributed by atoms with Gasteiger partial charge >= 0.3 is 5.97 Å². The highest BCUT2D eigenvalue weighted by molar-refractivity contribution is 7.45. The van der Waals surface area contributed by atoms with Crippen molar-refractivity contribution in [3.05, 3.63) is 109 Å². The predicted octanol–water partition coefficient (Wildman–Crippen LogP) is 20.7. The van der Waals surface area contributed by atoms with Crippen LogP contribution in [0.4, 0.5) is 0 Å². The third-order valence-electron chi connectivity index (χ3n) is 14.4. The van der Waals surface area contributed by atoms with Gasteiger partial charge in [-0.3, -0.25) is 14.2 Å². The number of phosphoric acid groups is 1. The van der Waals surface area contributed by atoms with Gasteiger partial charge in [0.25, 0.3) is 7.82 Å². The highest BCUT2D eigenvalue weighted by Gasteiger charge is 2.27. The topological polar surface area (TPSA) is 114 Å². The largest absolute Gasteiger partial charge is 0.756 e. The molecule has 0 aliphatic carbocycles. The van der Waals surface area contributed by atoms with Gasteiger partial charge in [-0.05, 0) is 115 Å². The summed E-state index contributed by atoms with van der Waals surface area (Å²) < 4.78 is 30.4. The number of hydrogen-bond donors (Lipinski definition) is 1. The van der Waals surface area contributed by atoms with Crippen LogP contribution < -0.4 is 10.2 Å². The second-order valence-electron chi connectivity index (χ2n) is 23.6. The standard InChI is InChI=1S/C72H127N2O7P/c1-7-10-13-16-19-22-25-28-30-32-34-35-36-37-38-39-41-43-45-47-50-53-56-59-62-65-72(76)81-70(63-60-57-54-51-48-27-24-21-18-15-12-9-3)69(68-80-82(77,78)79-67-66-74(4,5)6)73-71(75)64-61-58-55-52-49-46-44-42-40-33-31-29-26-23-20-17-14-11-8-2/h10,13,19-20,22-23,28-31,34-35,37-38,40,42,60,63,69-70H,7-9,11-12,14-18,21,24-27,32-33,36,39,41,43-59,61-62,64-68H2,1-6H3,(H-,73,75,77,78)/b13-10-,22-19-,23-20-,30-28-,31-29-,35-34-,38-37-,42-40-,63-60-. The monoisotopic (exact) mass is 1160 g/mol.